The van der Waals surface area contributed by atoms with Crippen LogP contribution in [0.1, 0.15) is 55.8 Å². The van der Waals surface area contributed by atoms with Gasteiger partial charge < -0.3 is 15.2 Å². The largest absolute Gasteiger partial charge is 0.458 e. The summed E-state index contributed by atoms with van der Waals surface area (Å²) in [6, 6.07) is 4.46. The summed E-state index contributed by atoms with van der Waals surface area (Å²) < 4.78 is 49.9. The Kier molecular flexibility index (Phi) is 7.76. The summed E-state index contributed by atoms with van der Waals surface area (Å²) in [4.78, 5) is 17.7. The number of nitrogens with one attached hydrogen (secondary N) is 1. The lowest BCUT2D eigenvalue weighted by Crippen LogP contribution is -2.56. The van der Waals surface area contributed by atoms with Crippen LogP contribution in [0.4, 0.5) is 4.39 Å². The Morgan fingerprint density at radius 1 is 1.22 bits per heavy atom. The molecule has 0 saturated carbocycles. The fourth-order valence-corrected chi connectivity index (χ4v) is 6.23. The van der Waals surface area contributed by atoms with Gasteiger partial charge in [0.15, 0.2) is 5.82 Å². The summed E-state index contributed by atoms with van der Waals surface area (Å²) in [7, 11) is -3.77. The number of rotatable bonds is 8. The third-order valence-corrected chi connectivity index (χ3v) is 8.60. The lowest BCUT2D eigenvalue weighted by atomic mass is 9.94. The molecule has 0 spiro atoms. The first-order chi connectivity index (χ1) is 17.0. The van der Waals surface area contributed by atoms with Crippen LogP contribution in [-0.4, -0.2) is 81.6 Å². The van der Waals surface area contributed by atoms with Gasteiger partial charge in [-0.2, -0.15) is 22.0 Å². The van der Waals surface area contributed by atoms with Crippen LogP contribution in [0.3, 0.4) is 0 Å². The van der Waals surface area contributed by atoms with Crippen LogP contribution in [0.25, 0.3) is 0 Å². The predicted molar refractivity (Wildman–Crippen MR) is 129 cm³/mol. The molecule has 1 aromatic heterocycles. The fraction of sp³-hybridized carbons (Fsp3) is 0.609. The average Bonchev–Trinajstić information content (AvgIpc) is 3.54. The molecule has 1 aromatic carbocycles. The van der Waals surface area contributed by atoms with Crippen LogP contribution in [0.2, 0.25) is 0 Å². The molecular formula is C23H33FN6O5S. The van der Waals surface area contributed by atoms with E-state index < -0.39 is 34.2 Å². The van der Waals surface area contributed by atoms with Crippen LogP contribution in [0, 0.1) is 11.2 Å². The molecule has 0 radical (unpaired) electrons. The van der Waals surface area contributed by atoms with Crippen molar-refractivity contribution in [2.24, 2.45) is 5.41 Å². The number of hydrogen-bond acceptors (Lipinski definition) is 8. The SMILES string of the molecule is CC1NCCN(S(=O)(=O)N2CCCC2)C1c1nc(OCc2ccc(F)cc2)n(C(=O)C(C)(C)CO)n1. The number of hydrogen-bond donors (Lipinski definition) is 2. The Hall–Kier alpha value is -2.45. The van der Waals surface area contributed by atoms with Crippen LogP contribution in [0.15, 0.2) is 24.3 Å². The molecule has 36 heavy (non-hydrogen) atoms. The highest BCUT2D eigenvalue weighted by molar-refractivity contribution is 7.86. The van der Waals surface area contributed by atoms with Crippen molar-refractivity contribution in [1.82, 2.24) is 28.7 Å². The molecule has 2 aromatic rings. The fourth-order valence-electron chi connectivity index (χ4n) is 4.33. The maximum atomic E-state index is 13.5. The molecule has 13 heteroatoms. The van der Waals surface area contributed by atoms with Gasteiger partial charge >= 0.3 is 6.01 Å². The van der Waals surface area contributed by atoms with E-state index in [2.05, 4.69) is 15.4 Å². The van der Waals surface area contributed by atoms with E-state index in [1.165, 1.54) is 20.7 Å². The number of aromatic nitrogens is 3. The van der Waals surface area contributed by atoms with Crippen molar-refractivity contribution in [2.75, 3.05) is 32.8 Å². The number of benzene rings is 1. The number of ether oxygens (including phenoxy) is 1. The molecule has 0 bridgehead atoms. The van der Waals surface area contributed by atoms with Gasteiger partial charge in [-0.05, 0) is 51.3 Å². The number of carbonyl (C=O) groups is 1. The van der Waals surface area contributed by atoms with E-state index >= 15 is 0 Å². The summed E-state index contributed by atoms with van der Waals surface area (Å²) in [5.74, 6) is -0.820. The third kappa shape index (κ3) is 5.30. The molecule has 2 fully saturated rings. The lowest BCUT2D eigenvalue weighted by Gasteiger charge is -2.39. The summed E-state index contributed by atoms with van der Waals surface area (Å²) >= 11 is 0. The number of aliphatic hydroxyl groups is 1. The minimum absolute atomic E-state index is 0.0144. The molecule has 0 amide bonds. The van der Waals surface area contributed by atoms with Crippen LogP contribution in [0.5, 0.6) is 6.01 Å². The minimum atomic E-state index is -3.77. The van der Waals surface area contributed by atoms with E-state index in [1.807, 2.05) is 6.92 Å². The zero-order chi connectivity index (χ0) is 26.1. The Morgan fingerprint density at radius 2 is 1.89 bits per heavy atom. The Morgan fingerprint density at radius 3 is 2.53 bits per heavy atom. The van der Waals surface area contributed by atoms with Gasteiger partial charge in [0.25, 0.3) is 16.1 Å². The van der Waals surface area contributed by atoms with Crippen molar-refractivity contribution in [3.8, 4) is 6.01 Å². The second-order valence-electron chi connectivity index (χ2n) is 9.84. The number of carbonyl (C=O) groups excluding carboxylic acids is 1. The molecule has 4 rings (SSSR count). The molecule has 2 aliphatic heterocycles. The standard InChI is InChI=1S/C23H33FN6O5S/c1-16-19(29(13-10-25-16)36(33,34)28-11-4-5-12-28)20-26-22(30(27-20)21(32)23(2,3)15-31)35-14-17-6-8-18(24)9-7-17/h6-9,16,19,25,31H,4-5,10-15H2,1-3H3. The molecule has 2 unspecified atom stereocenters. The Labute approximate surface area is 210 Å². The molecule has 11 nitrogen and oxygen atoms in total. The predicted octanol–water partition coefficient (Wildman–Crippen LogP) is 1.33. The normalized spacial score (nSPS) is 22.1. The highest BCUT2D eigenvalue weighted by atomic mass is 32.2. The van der Waals surface area contributed by atoms with Crippen molar-refractivity contribution in [1.29, 1.82) is 0 Å². The zero-order valence-electron chi connectivity index (χ0n) is 20.7. The second kappa shape index (κ2) is 10.5. The monoisotopic (exact) mass is 524 g/mol. The smallest absolute Gasteiger partial charge is 0.322 e. The second-order valence-corrected chi connectivity index (χ2v) is 11.7. The Bertz CT molecular complexity index is 1180. The van der Waals surface area contributed by atoms with E-state index in [0.717, 1.165) is 17.5 Å². The van der Waals surface area contributed by atoms with Crippen molar-refractivity contribution >= 4 is 16.1 Å². The van der Waals surface area contributed by atoms with Gasteiger partial charge in [-0.25, -0.2) is 4.39 Å². The van der Waals surface area contributed by atoms with Crippen LogP contribution >= 0.6 is 0 Å². The number of nitrogens with zero attached hydrogens (tertiary/aromatic N) is 5. The van der Waals surface area contributed by atoms with Crippen molar-refractivity contribution < 1.29 is 27.4 Å². The van der Waals surface area contributed by atoms with E-state index in [1.54, 1.807) is 26.0 Å². The highest BCUT2D eigenvalue weighted by Gasteiger charge is 2.44. The van der Waals surface area contributed by atoms with Gasteiger partial charge in [0.1, 0.15) is 18.5 Å². The van der Waals surface area contributed by atoms with E-state index in [4.69, 9.17) is 4.74 Å². The molecular weight excluding hydrogens is 491 g/mol. The zero-order valence-corrected chi connectivity index (χ0v) is 21.5. The van der Waals surface area contributed by atoms with E-state index in [-0.39, 0.29) is 36.8 Å². The van der Waals surface area contributed by atoms with E-state index in [0.29, 0.717) is 25.2 Å². The van der Waals surface area contributed by atoms with Crippen molar-refractivity contribution in [3.63, 3.8) is 0 Å². The van der Waals surface area contributed by atoms with Gasteiger partial charge in [0, 0.05) is 32.2 Å². The first-order valence-electron chi connectivity index (χ1n) is 12.0. The quantitative estimate of drug-likeness (QED) is 0.529. The first-order valence-corrected chi connectivity index (χ1v) is 13.4. The van der Waals surface area contributed by atoms with E-state index in [9.17, 15) is 22.7 Å². The number of piperazine rings is 1. The third-order valence-electron chi connectivity index (χ3n) is 6.58. The highest BCUT2D eigenvalue weighted by Crippen LogP contribution is 2.32. The molecule has 2 saturated heterocycles. The minimum Gasteiger partial charge on any atom is -0.458 e. The van der Waals surface area contributed by atoms with Gasteiger partial charge in [-0.1, -0.05) is 12.1 Å². The average molecular weight is 525 g/mol. The maximum absolute atomic E-state index is 13.5. The van der Waals surface area contributed by atoms with Gasteiger partial charge in [-0.3, -0.25) is 4.79 Å². The van der Waals surface area contributed by atoms with Crippen LogP contribution < -0.4 is 10.1 Å². The van der Waals surface area contributed by atoms with Gasteiger partial charge in [0.05, 0.1) is 12.0 Å². The lowest BCUT2D eigenvalue weighted by molar-refractivity contribution is 0.0592. The Balaban J connectivity index is 1.71. The molecule has 2 atom stereocenters. The van der Waals surface area contributed by atoms with Gasteiger partial charge in [-0.15, -0.1) is 9.78 Å². The molecule has 198 valence electrons. The van der Waals surface area contributed by atoms with Crippen LogP contribution in [-0.2, 0) is 16.8 Å². The van der Waals surface area contributed by atoms with Crippen molar-refractivity contribution in [3.05, 3.63) is 41.5 Å². The number of aliphatic hydroxyl groups excluding tert-OH is 1. The van der Waals surface area contributed by atoms with Crippen molar-refractivity contribution in [2.45, 2.75) is 52.3 Å². The molecule has 2 aliphatic rings. The summed E-state index contributed by atoms with van der Waals surface area (Å²) in [6.07, 6.45) is 1.62. The molecule has 2 N–H and O–H groups in total. The molecule has 3 heterocycles. The maximum Gasteiger partial charge on any atom is 0.322 e. The summed E-state index contributed by atoms with van der Waals surface area (Å²) in [5, 5.41) is 17.4. The summed E-state index contributed by atoms with van der Waals surface area (Å²) in [5.41, 5.74) is -0.538. The summed E-state index contributed by atoms with van der Waals surface area (Å²) in [6.45, 7) is 6.14. The first kappa shape index (κ1) is 26.6. The number of halogens is 1. The molecule has 0 aliphatic carbocycles. The topological polar surface area (TPSA) is 130 Å². The van der Waals surface area contributed by atoms with Gasteiger partial charge in [0.2, 0.25) is 0 Å².